The van der Waals surface area contributed by atoms with E-state index < -0.39 is 0 Å². The monoisotopic (exact) mass is 323 g/mol. The van der Waals surface area contributed by atoms with Gasteiger partial charge in [0.2, 0.25) is 0 Å². The Morgan fingerprint density at radius 3 is 2.89 bits per heavy atom. The Balaban J connectivity index is 1.97. The molecule has 2 rings (SSSR count). The van der Waals surface area contributed by atoms with E-state index in [1.807, 2.05) is 24.3 Å². The van der Waals surface area contributed by atoms with Crippen LogP contribution < -0.4 is 5.32 Å². The zero-order chi connectivity index (χ0) is 13.7. The number of rotatable bonds is 6. The molecule has 3 nitrogen and oxygen atoms in total. The van der Waals surface area contributed by atoms with Gasteiger partial charge in [-0.3, -0.25) is 0 Å². The maximum absolute atomic E-state index is 9.94. The van der Waals surface area contributed by atoms with E-state index >= 15 is 0 Å². The van der Waals surface area contributed by atoms with Gasteiger partial charge >= 0.3 is 0 Å². The molecular formula is C15H18BrNO2. The molecule has 0 fully saturated rings. The molecule has 0 spiro atoms. The number of furan rings is 1. The lowest BCUT2D eigenvalue weighted by atomic mass is 10.0. The molecule has 0 radical (unpaired) electrons. The van der Waals surface area contributed by atoms with Gasteiger partial charge in [-0.15, -0.1) is 0 Å². The lowest BCUT2D eigenvalue weighted by Crippen LogP contribution is -2.23. The molecule has 19 heavy (non-hydrogen) atoms. The van der Waals surface area contributed by atoms with Crippen molar-refractivity contribution in [2.45, 2.75) is 25.8 Å². The molecule has 1 aromatic carbocycles. The van der Waals surface area contributed by atoms with E-state index in [2.05, 4.69) is 28.2 Å². The van der Waals surface area contributed by atoms with E-state index in [-0.39, 0.29) is 6.04 Å². The number of phenols is 1. The number of hydrogen-bond donors (Lipinski definition) is 2. The van der Waals surface area contributed by atoms with Crippen molar-refractivity contribution in [1.82, 2.24) is 5.32 Å². The molecule has 1 heterocycles. The van der Waals surface area contributed by atoms with Crippen LogP contribution in [-0.4, -0.2) is 11.7 Å². The highest BCUT2D eigenvalue weighted by atomic mass is 79.9. The van der Waals surface area contributed by atoms with Crippen molar-refractivity contribution in [3.8, 4) is 5.75 Å². The van der Waals surface area contributed by atoms with Crippen LogP contribution in [0.25, 0.3) is 0 Å². The summed E-state index contributed by atoms with van der Waals surface area (Å²) in [6.45, 7) is 2.92. The van der Waals surface area contributed by atoms with Crippen LogP contribution in [0.5, 0.6) is 5.75 Å². The molecule has 102 valence electrons. The Kier molecular flexibility index (Phi) is 5.05. The Hall–Kier alpha value is -1.26. The van der Waals surface area contributed by atoms with Crippen molar-refractivity contribution < 1.29 is 9.52 Å². The zero-order valence-corrected chi connectivity index (χ0v) is 12.5. The number of nitrogens with one attached hydrogen (secondary N) is 1. The van der Waals surface area contributed by atoms with Crippen molar-refractivity contribution in [2.75, 3.05) is 6.54 Å². The van der Waals surface area contributed by atoms with Crippen molar-refractivity contribution in [2.24, 2.45) is 0 Å². The highest BCUT2D eigenvalue weighted by Crippen LogP contribution is 2.29. The van der Waals surface area contributed by atoms with Crippen LogP contribution in [-0.2, 0) is 6.42 Å². The summed E-state index contributed by atoms with van der Waals surface area (Å²) >= 11 is 3.44. The summed E-state index contributed by atoms with van der Waals surface area (Å²) in [6, 6.07) is 9.53. The number of halogens is 1. The molecule has 2 aromatic rings. The third kappa shape index (κ3) is 3.85. The van der Waals surface area contributed by atoms with Gasteiger partial charge in [-0.1, -0.05) is 22.9 Å². The summed E-state index contributed by atoms with van der Waals surface area (Å²) in [7, 11) is 0. The van der Waals surface area contributed by atoms with Crippen molar-refractivity contribution in [3.05, 3.63) is 52.4 Å². The maximum atomic E-state index is 9.94. The molecule has 2 N–H and O–H groups in total. The minimum atomic E-state index is 0.146. The van der Waals surface area contributed by atoms with E-state index in [0.717, 1.165) is 35.2 Å². The molecular weight excluding hydrogens is 306 g/mol. The number of phenolic OH excluding ortho intramolecular Hbond substituents is 1. The summed E-state index contributed by atoms with van der Waals surface area (Å²) in [4.78, 5) is 0. The summed E-state index contributed by atoms with van der Waals surface area (Å²) in [5, 5.41) is 13.4. The second-order valence-electron chi connectivity index (χ2n) is 4.45. The lowest BCUT2D eigenvalue weighted by molar-refractivity contribution is 0.435. The molecule has 1 atom stereocenters. The third-order valence-electron chi connectivity index (χ3n) is 3.12. The van der Waals surface area contributed by atoms with E-state index in [1.165, 1.54) is 0 Å². The van der Waals surface area contributed by atoms with Crippen LogP contribution in [0.2, 0.25) is 0 Å². The maximum Gasteiger partial charge on any atom is 0.120 e. The molecule has 0 aliphatic carbocycles. The molecule has 1 unspecified atom stereocenters. The molecule has 0 bridgehead atoms. The highest BCUT2D eigenvalue weighted by molar-refractivity contribution is 9.10. The van der Waals surface area contributed by atoms with Crippen LogP contribution in [0.1, 0.15) is 30.7 Å². The minimum Gasteiger partial charge on any atom is -0.508 e. The predicted octanol–water partition coefficient (Wildman–Crippen LogP) is 4.03. The standard InChI is InChI=1S/C15H18BrNO2/c1-2-14(13-10-11(16)5-6-15(13)18)17-8-7-12-4-3-9-19-12/h3-6,9-10,14,17-18H,2,7-8H2,1H3. The van der Waals surface area contributed by atoms with Crippen LogP contribution >= 0.6 is 15.9 Å². The summed E-state index contributed by atoms with van der Waals surface area (Å²) < 4.78 is 6.28. The molecule has 0 aliphatic rings. The quantitative estimate of drug-likeness (QED) is 0.843. The highest BCUT2D eigenvalue weighted by Gasteiger charge is 2.13. The summed E-state index contributed by atoms with van der Waals surface area (Å²) in [6.07, 6.45) is 3.45. The Bertz CT molecular complexity index is 511. The first-order valence-electron chi connectivity index (χ1n) is 6.45. The summed E-state index contributed by atoms with van der Waals surface area (Å²) in [5.74, 6) is 1.31. The smallest absolute Gasteiger partial charge is 0.120 e. The number of benzene rings is 1. The van der Waals surface area contributed by atoms with E-state index in [9.17, 15) is 5.11 Å². The van der Waals surface area contributed by atoms with Crippen molar-refractivity contribution in [3.63, 3.8) is 0 Å². The average molecular weight is 324 g/mol. The topological polar surface area (TPSA) is 45.4 Å². The first kappa shape index (κ1) is 14.2. The fraction of sp³-hybridized carbons (Fsp3) is 0.333. The van der Waals surface area contributed by atoms with Crippen molar-refractivity contribution in [1.29, 1.82) is 0 Å². The van der Waals surface area contributed by atoms with Gasteiger partial charge in [0.05, 0.1) is 6.26 Å². The second-order valence-corrected chi connectivity index (χ2v) is 5.36. The summed E-state index contributed by atoms with van der Waals surface area (Å²) in [5.41, 5.74) is 0.927. The van der Waals surface area contributed by atoms with Gasteiger partial charge in [-0.25, -0.2) is 0 Å². The van der Waals surface area contributed by atoms with Gasteiger partial charge in [-0.05, 0) is 36.8 Å². The van der Waals surface area contributed by atoms with Crippen LogP contribution in [0, 0.1) is 0 Å². The fourth-order valence-electron chi connectivity index (χ4n) is 2.10. The fourth-order valence-corrected chi connectivity index (χ4v) is 2.48. The first-order chi connectivity index (χ1) is 9.20. The van der Waals surface area contributed by atoms with Gasteiger partial charge < -0.3 is 14.8 Å². The number of aromatic hydroxyl groups is 1. The second kappa shape index (κ2) is 6.78. The molecule has 1 aromatic heterocycles. The zero-order valence-electron chi connectivity index (χ0n) is 10.9. The molecule has 0 aliphatic heterocycles. The molecule has 0 amide bonds. The normalized spacial score (nSPS) is 12.5. The van der Waals surface area contributed by atoms with Crippen LogP contribution in [0.3, 0.4) is 0 Å². The van der Waals surface area contributed by atoms with Gasteiger partial charge in [0.25, 0.3) is 0 Å². The van der Waals surface area contributed by atoms with E-state index in [0.29, 0.717) is 5.75 Å². The lowest BCUT2D eigenvalue weighted by Gasteiger charge is -2.18. The van der Waals surface area contributed by atoms with Gasteiger partial charge in [-0.2, -0.15) is 0 Å². The Morgan fingerprint density at radius 2 is 2.21 bits per heavy atom. The SMILES string of the molecule is CCC(NCCc1ccco1)c1cc(Br)ccc1O. The average Bonchev–Trinajstić information content (AvgIpc) is 2.91. The Morgan fingerprint density at radius 1 is 1.37 bits per heavy atom. The van der Waals surface area contributed by atoms with E-state index in [1.54, 1.807) is 12.3 Å². The third-order valence-corrected chi connectivity index (χ3v) is 3.61. The van der Waals surface area contributed by atoms with Crippen molar-refractivity contribution >= 4 is 15.9 Å². The largest absolute Gasteiger partial charge is 0.508 e. The van der Waals surface area contributed by atoms with Gasteiger partial charge in [0, 0.05) is 29.0 Å². The van der Waals surface area contributed by atoms with Gasteiger partial charge in [0.15, 0.2) is 0 Å². The molecule has 4 heteroatoms. The van der Waals surface area contributed by atoms with Crippen LogP contribution in [0.15, 0.2) is 45.5 Å². The number of hydrogen-bond acceptors (Lipinski definition) is 3. The molecule has 0 saturated heterocycles. The van der Waals surface area contributed by atoms with E-state index in [4.69, 9.17) is 4.42 Å². The van der Waals surface area contributed by atoms with Crippen LogP contribution in [0.4, 0.5) is 0 Å². The Labute approximate surface area is 121 Å². The first-order valence-corrected chi connectivity index (χ1v) is 7.24. The van der Waals surface area contributed by atoms with Gasteiger partial charge in [0.1, 0.15) is 11.5 Å². The molecule has 0 saturated carbocycles. The minimum absolute atomic E-state index is 0.146. The predicted molar refractivity (Wildman–Crippen MR) is 79.3 cm³/mol.